The largest absolute Gasteiger partial charge is 0.268 e. The Hall–Kier alpha value is -0.530. The van der Waals surface area contributed by atoms with Crippen LogP contribution in [-0.2, 0) is 14.3 Å². The Kier molecular flexibility index (Phi) is 4.45. The maximum atomic E-state index is 11.2. The van der Waals surface area contributed by atoms with Crippen LogP contribution >= 0.6 is 0 Å². The average Bonchev–Trinajstić information content (AvgIpc) is 2.14. The summed E-state index contributed by atoms with van der Waals surface area (Å²) in [7, 11) is -3.46. The molecular formula is C9H16O3S. The number of rotatable bonds is 5. The van der Waals surface area contributed by atoms with Crippen LogP contribution in [0, 0.1) is 12.3 Å². The summed E-state index contributed by atoms with van der Waals surface area (Å²) < 4.78 is 27.3. The van der Waals surface area contributed by atoms with Crippen molar-refractivity contribution in [3.05, 3.63) is 0 Å². The summed E-state index contributed by atoms with van der Waals surface area (Å²) in [6, 6.07) is 0. The third-order valence-corrected chi connectivity index (χ3v) is 3.33. The van der Waals surface area contributed by atoms with E-state index in [1.165, 1.54) is 6.92 Å². The van der Waals surface area contributed by atoms with E-state index in [1.807, 2.05) is 13.8 Å². The molecule has 0 heterocycles. The molecule has 0 saturated carbocycles. The van der Waals surface area contributed by atoms with Crippen LogP contribution in [0.5, 0.6) is 0 Å². The predicted molar refractivity (Wildman–Crippen MR) is 52.7 cm³/mol. The van der Waals surface area contributed by atoms with Gasteiger partial charge in [0, 0.05) is 0 Å². The Morgan fingerprint density at radius 1 is 1.31 bits per heavy atom. The van der Waals surface area contributed by atoms with Gasteiger partial charge in [-0.15, -0.1) is 6.42 Å². The summed E-state index contributed by atoms with van der Waals surface area (Å²) in [6.07, 6.45) is 6.25. The number of hydrogen-bond acceptors (Lipinski definition) is 3. The maximum absolute atomic E-state index is 11.2. The lowest BCUT2D eigenvalue weighted by Crippen LogP contribution is -2.32. The Morgan fingerprint density at radius 2 is 1.77 bits per heavy atom. The molecule has 0 rings (SSSR count). The minimum Gasteiger partial charge on any atom is -0.250 e. The van der Waals surface area contributed by atoms with Crippen LogP contribution in [0.2, 0.25) is 0 Å². The lowest BCUT2D eigenvalue weighted by molar-refractivity contribution is 0.130. The summed E-state index contributed by atoms with van der Waals surface area (Å²) in [5, 5.41) is 0. The van der Waals surface area contributed by atoms with Crippen LogP contribution in [0.1, 0.15) is 33.6 Å². The first-order valence-electron chi connectivity index (χ1n) is 4.36. The van der Waals surface area contributed by atoms with E-state index in [0.717, 1.165) is 0 Å². The summed E-state index contributed by atoms with van der Waals surface area (Å²) in [5.74, 6) is 2.36. The van der Waals surface area contributed by atoms with Gasteiger partial charge in [0.1, 0.15) is 5.60 Å². The Bertz CT molecular complexity index is 280. The predicted octanol–water partition coefficient (Wildman–Crippen LogP) is 1.54. The zero-order valence-electron chi connectivity index (χ0n) is 8.33. The highest BCUT2D eigenvalue weighted by Gasteiger charge is 2.29. The second-order valence-corrected chi connectivity index (χ2v) is 4.63. The quantitative estimate of drug-likeness (QED) is 0.504. The van der Waals surface area contributed by atoms with Crippen molar-refractivity contribution in [2.24, 2.45) is 0 Å². The summed E-state index contributed by atoms with van der Waals surface area (Å²) >= 11 is 0. The fourth-order valence-corrected chi connectivity index (χ4v) is 1.79. The van der Waals surface area contributed by atoms with Crippen LogP contribution in [-0.4, -0.2) is 19.8 Å². The highest BCUT2D eigenvalue weighted by Crippen LogP contribution is 2.22. The molecular weight excluding hydrogens is 188 g/mol. The molecule has 0 fully saturated rings. The zero-order chi connectivity index (χ0) is 10.5. The Balaban J connectivity index is 4.74. The molecule has 0 aromatic heterocycles. The molecule has 0 aromatic rings. The average molecular weight is 204 g/mol. The van der Waals surface area contributed by atoms with Gasteiger partial charge >= 0.3 is 0 Å². The van der Waals surface area contributed by atoms with Crippen molar-refractivity contribution in [2.45, 2.75) is 39.2 Å². The third-order valence-electron chi connectivity index (χ3n) is 2.05. The van der Waals surface area contributed by atoms with Gasteiger partial charge in [0.2, 0.25) is 0 Å². The zero-order valence-corrected chi connectivity index (χ0v) is 9.15. The fourth-order valence-electron chi connectivity index (χ4n) is 0.898. The molecule has 0 N–H and O–H groups in total. The SMILES string of the molecule is C#CC(CC)(CC)OS(=O)(=O)CC. The highest BCUT2D eigenvalue weighted by molar-refractivity contribution is 7.86. The molecule has 76 valence electrons. The molecule has 0 unspecified atom stereocenters. The first-order chi connectivity index (χ1) is 5.95. The number of terminal acetylenes is 1. The Labute approximate surface area is 80.6 Å². The molecule has 0 aliphatic rings. The normalized spacial score (nSPS) is 12.5. The van der Waals surface area contributed by atoms with Gasteiger partial charge in [-0.2, -0.15) is 8.42 Å². The molecule has 0 bridgehead atoms. The minimum atomic E-state index is -3.46. The smallest absolute Gasteiger partial charge is 0.250 e. The van der Waals surface area contributed by atoms with Gasteiger partial charge in [-0.25, -0.2) is 0 Å². The van der Waals surface area contributed by atoms with Crippen LogP contribution in [0.25, 0.3) is 0 Å². The molecule has 13 heavy (non-hydrogen) atoms. The van der Waals surface area contributed by atoms with E-state index in [0.29, 0.717) is 12.8 Å². The van der Waals surface area contributed by atoms with Gasteiger partial charge in [-0.1, -0.05) is 19.8 Å². The highest BCUT2D eigenvalue weighted by atomic mass is 32.2. The maximum Gasteiger partial charge on any atom is 0.268 e. The van der Waals surface area contributed by atoms with Gasteiger partial charge in [-0.3, -0.25) is 4.18 Å². The van der Waals surface area contributed by atoms with Crippen molar-refractivity contribution < 1.29 is 12.6 Å². The number of hydrogen-bond donors (Lipinski definition) is 0. The molecule has 0 aliphatic carbocycles. The van der Waals surface area contributed by atoms with Crippen LogP contribution < -0.4 is 0 Å². The van der Waals surface area contributed by atoms with Gasteiger partial charge in [0.05, 0.1) is 5.75 Å². The summed E-state index contributed by atoms with van der Waals surface area (Å²) in [6.45, 7) is 5.16. The van der Waals surface area contributed by atoms with Crippen molar-refractivity contribution in [3.8, 4) is 12.3 Å². The Morgan fingerprint density at radius 3 is 2.00 bits per heavy atom. The molecule has 0 saturated heterocycles. The minimum absolute atomic E-state index is 0.0452. The van der Waals surface area contributed by atoms with Crippen molar-refractivity contribution in [2.75, 3.05) is 5.75 Å². The van der Waals surface area contributed by atoms with E-state index in [4.69, 9.17) is 10.6 Å². The summed E-state index contributed by atoms with van der Waals surface area (Å²) in [5.41, 5.74) is -0.950. The lowest BCUT2D eigenvalue weighted by Gasteiger charge is -2.24. The van der Waals surface area contributed by atoms with Crippen molar-refractivity contribution in [1.82, 2.24) is 0 Å². The topological polar surface area (TPSA) is 43.4 Å². The van der Waals surface area contributed by atoms with Crippen LogP contribution in [0.15, 0.2) is 0 Å². The molecule has 0 aromatic carbocycles. The third kappa shape index (κ3) is 3.37. The molecule has 0 amide bonds. The monoisotopic (exact) mass is 204 g/mol. The lowest BCUT2D eigenvalue weighted by atomic mass is 9.99. The summed E-state index contributed by atoms with van der Waals surface area (Å²) in [4.78, 5) is 0. The van der Waals surface area contributed by atoms with Gasteiger partial charge in [0.25, 0.3) is 10.1 Å². The van der Waals surface area contributed by atoms with Crippen LogP contribution in [0.3, 0.4) is 0 Å². The van der Waals surface area contributed by atoms with Crippen LogP contribution in [0.4, 0.5) is 0 Å². The van der Waals surface area contributed by atoms with Gasteiger partial charge in [0.15, 0.2) is 0 Å². The van der Waals surface area contributed by atoms with E-state index in [2.05, 4.69) is 5.92 Å². The second-order valence-electron chi connectivity index (χ2n) is 2.78. The van der Waals surface area contributed by atoms with E-state index in [9.17, 15) is 8.42 Å². The van der Waals surface area contributed by atoms with E-state index in [1.54, 1.807) is 0 Å². The second kappa shape index (κ2) is 4.64. The van der Waals surface area contributed by atoms with Gasteiger partial charge in [-0.05, 0) is 19.8 Å². The molecule has 4 heteroatoms. The fraction of sp³-hybridized carbons (Fsp3) is 0.778. The van der Waals surface area contributed by atoms with E-state index < -0.39 is 15.7 Å². The van der Waals surface area contributed by atoms with Crippen molar-refractivity contribution in [1.29, 1.82) is 0 Å². The van der Waals surface area contributed by atoms with Gasteiger partial charge < -0.3 is 0 Å². The first-order valence-corrected chi connectivity index (χ1v) is 5.94. The first kappa shape index (κ1) is 12.5. The standard InChI is InChI=1S/C9H16O3S/c1-5-9(6-2,7-3)12-13(10,11)8-4/h1H,6-8H2,2-4H3. The molecule has 3 nitrogen and oxygen atoms in total. The molecule has 0 aliphatic heterocycles. The van der Waals surface area contributed by atoms with Crippen molar-refractivity contribution in [3.63, 3.8) is 0 Å². The molecule has 0 radical (unpaired) electrons. The van der Waals surface area contributed by atoms with E-state index >= 15 is 0 Å². The molecule has 0 spiro atoms. The van der Waals surface area contributed by atoms with Crippen molar-refractivity contribution >= 4 is 10.1 Å². The van der Waals surface area contributed by atoms with E-state index in [-0.39, 0.29) is 5.75 Å². The molecule has 0 atom stereocenters.